The smallest absolute Gasteiger partial charge is 0.320 e. The molecular weight excluding hydrogens is 194 g/mol. The molecule has 4 nitrogen and oxygen atoms in total. The van der Waals surface area contributed by atoms with E-state index in [1.54, 1.807) is 6.92 Å². The van der Waals surface area contributed by atoms with Gasteiger partial charge in [0, 0.05) is 6.54 Å². The van der Waals surface area contributed by atoms with Crippen molar-refractivity contribution >= 4 is 5.97 Å². The number of rotatable bonds is 8. The van der Waals surface area contributed by atoms with Crippen molar-refractivity contribution in [1.29, 1.82) is 0 Å². The molecule has 0 saturated carbocycles. The lowest BCUT2D eigenvalue weighted by Gasteiger charge is -2.24. The first-order valence-electron chi connectivity index (χ1n) is 5.61. The van der Waals surface area contributed by atoms with Crippen molar-refractivity contribution in [3.05, 3.63) is 0 Å². The lowest BCUT2D eigenvalue weighted by Crippen LogP contribution is -2.45. The molecule has 0 bridgehead atoms. The Morgan fingerprint density at radius 1 is 1.47 bits per heavy atom. The Balaban J connectivity index is 4.01. The molecule has 0 rings (SSSR count). The molecule has 0 amide bonds. The van der Waals surface area contributed by atoms with Crippen LogP contribution < -0.4 is 5.32 Å². The number of aliphatic carboxylic acids is 1. The van der Waals surface area contributed by atoms with Gasteiger partial charge in [-0.3, -0.25) is 4.79 Å². The summed E-state index contributed by atoms with van der Waals surface area (Å²) in [4.78, 5) is 10.9. The molecule has 0 aliphatic carbocycles. The van der Waals surface area contributed by atoms with E-state index in [-0.39, 0.29) is 0 Å². The minimum absolute atomic E-state index is 0.324. The Bertz CT molecular complexity index is 192. The van der Waals surface area contributed by atoms with E-state index >= 15 is 0 Å². The topological polar surface area (TPSA) is 69.6 Å². The Labute approximate surface area is 91.7 Å². The number of carboxylic acid groups (broad SMARTS) is 1. The Kier molecular flexibility index (Phi) is 6.52. The number of nitrogens with one attached hydrogen (secondary N) is 1. The highest BCUT2D eigenvalue weighted by Crippen LogP contribution is 2.08. The van der Waals surface area contributed by atoms with Crippen LogP contribution in [0.4, 0.5) is 0 Å². The number of carbonyl (C=O) groups is 1. The van der Waals surface area contributed by atoms with Crippen molar-refractivity contribution in [2.75, 3.05) is 6.54 Å². The van der Waals surface area contributed by atoms with Crippen LogP contribution in [0, 0.1) is 0 Å². The van der Waals surface area contributed by atoms with Gasteiger partial charge in [0.2, 0.25) is 0 Å². The minimum Gasteiger partial charge on any atom is -0.480 e. The van der Waals surface area contributed by atoms with Gasteiger partial charge >= 0.3 is 5.97 Å². The fourth-order valence-electron chi connectivity index (χ4n) is 1.19. The summed E-state index contributed by atoms with van der Waals surface area (Å²) in [5.74, 6) is -0.838. The fraction of sp³-hybridized carbons (Fsp3) is 0.909. The van der Waals surface area contributed by atoms with Crippen molar-refractivity contribution in [2.24, 2.45) is 0 Å². The predicted molar refractivity (Wildman–Crippen MR) is 59.9 cm³/mol. The minimum atomic E-state index is -0.838. The van der Waals surface area contributed by atoms with E-state index in [9.17, 15) is 9.90 Å². The van der Waals surface area contributed by atoms with Crippen molar-refractivity contribution < 1.29 is 15.0 Å². The summed E-state index contributed by atoms with van der Waals surface area (Å²) in [6.07, 6.45) is 3.10. The monoisotopic (exact) mass is 217 g/mol. The number of aliphatic hydroxyl groups is 1. The van der Waals surface area contributed by atoms with E-state index in [1.807, 2.05) is 13.8 Å². The highest BCUT2D eigenvalue weighted by molar-refractivity contribution is 5.73. The zero-order chi connectivity index (χ0) is 11.9. The second kappa shape index (κ2) is 6.80. The van der Waals surface area contributed by atoms with Gasteiger partial charge in [-0.1, -0.05) is 26.7 Å². The van der Waals surface area contributed by atoms with Crippen molar-refractivity contribution in [2.45, 2.75) is 58.1 Å². The third-order valence-corrected chi connectivity index (χ3v) is 2.64. The summed E-state index contributed by atoms with van der Waals surface area (Å²) in [5.41, 5.74) is -0.820. The van der Waals surface area contributed by atoms with Crippen molar-refractivity contribution in [3.8, 4) is 0 Å². The lowest BCUT2D eigenvalue weighted by molar-refractivity contribution is -0.139. The van der Waals surface area contributed by atoms with E-state index in [4.69, 9.17) is 5.11 Å². The van der Waals surface area contributed by atoms with E-state index in [0.717, 1.165) is 12.8 Å². The molecule has 2 atom stereocenters. The first-order valence-corrected chi connectivity index (χ1v) is 5.61. The molecule has 0 aromatic rings. The van der Waals surface area contributed by atoms with Crippen molar-refractivity contribution in [1.82, 2.24) is 5.32 Å². The van der Waals surface area contributed by atoms with Gasteiger partial charge in [-0.25, -0.2) is 0 Å². The van der Waals surface area contributed by atoms with Crippen LogP contribution in [0.2, 0.25) is 0 Å². The number of unbranched alkanes of at least 4 members (excludes halogenated alkanes) is 1. The van der Waals surface area contributed by atoms with E-state index < -0.39 is 17.6 Å². The molecule has 0 aliphatic heterocycles. The van der Waals surface area contributed by atoms with Gasteiger partial charge < -0.3 is 15.5 Å². The molecule has 0 aliphatic rings. The third kappa shape index (κ3) is 6.47. The standard InChI is InChI=1S/C11H23NO3/c1-4-6-7-9(10(13)14)12-8-11(3,15)5-2/h9,12,15H,4-8H2,1-3H3,(H,13,14). The average molecular weight is 217 g/mol. The Hall–Kier alpha value is -0.610. The third-order valence-electron chi connectivity index (χ3n) is 2.64. The van der Waals surface area contributed by atoms with Crippen LogP contribution in [0.5, 0.6) is 0 Å². The zero-order valence-corrected chi connectivity index (χ0v) is 9.92. The molecule has 0 radical (unpaired) electrons. The van der Waals surface area contributed by atoms with Crippen LogP contribution in [0.3, 0.4) is 0 Å². The molecule has 0 aromatic heterocycles. The normalized spacial score (nSPS) is 17.1. The highest BCUT2D eigenvalue weighted by atomic mass is 16.4. The fourth-order valence-corrected chi connectivity index (χ4v) is 1.19. The molecule has 0 saturated heterocycles. The first kappa shape index (κ1) is 14.4. The zero-order valence-electron chi connectivity index (χ0n) is 9.92. The quantitative estimate of drug-likeness (QED) is 0.574. The van der Waals surface area contributed by atoms with Gasteiger partial charge in [0.1, 0.15) is 6.04 Å². The second-order valence-electron chi connectivity index (χ2n) is 4.26. The largest absolute Gasteiger partial charge is 0.480 e. The molecule has 0 aromatic carbocycles. The van der Waals surface area contributed by atoms with Crippen LogP contribution in [0.15, 0.2) is 0 Å². The molecule has 15 heavy (non-hydrogen) atoms. The van der Waals surface area contributed by atoms with E-state index in [2.05, 4.69) is 5.32 Å². The van der Waals surface area contributed by atoms with Crippen LogP contribution in [-0.2, 0) is 4.79 Å². The molecule has 3 N–H and O–H groups in total. The number of hydrogen-bond acceptors (Lipinski definition) is 3. The highest BCUT2D eigenvalue weighted by Gasteiger charge is 2.22. The van der Waals surface area contributed by atoms with Gasteiger partial charge in [0.05, 0.1) is 5.60 Å². The molecule has 0 fully saturated rings. The van der Waals surface area contributed by atoms with E-state index in [1.165, 1.54) is 0 Å². The maximum atomic E-state index is 10.9. The summed E-state index contributed by atoms with van der Waals surface area (Å²) in [7, 11) is 0. The van der Waals surface area contributed by atoms with Crippen molar-refractivity contribution in [3.63, 3.8) is 0 Å². The Morgan fingerprint density at radius 3 is 2.47 bits per heavy atom. The summed E-state index contributed by atoms with van der Waals surface area (Å²) in [6, 6.07) is -0.539. The molecular formula is C11H23NO3. The molecule has 0 heterocycles. The SMILES string of the molecule is CCCCC(NCC(C)(O)CC)C(=O)O. The van der Waals surface area contributed by atoms with Gasteiger partial charge in [-0.2, -0.15) is 0 Å². The lowest BCUT2D eigenvalue weighted by atomic mass is 10.0. The molecule has 2 unspecified atom stereocenters. The van der Waals surface area contributed by atoms with Gasteiger partial charge in [-0.05, 0) is 19.8 Å². The van der Waals surface area contributed by atoms with Crippen LogP contribution >= 0.6 is 0 Å². The summed E-state index contributed by atoms with van der Waals surface area (Å²) < 4.78 is 0. The summed E-state index contributed by atoms with van der Waals surface area (Å²) in [5, 5.41) is 21.5. The Morgan fingerprint density at radius 2 is 2.07 bits per heavy atom. The maximum absolute atomic E-state index is 10.9. The van der Waals surface area contributed by atoms with Crippen LogP contribution in [-0.4, -0.2) is 34.4 Å². The summed E-state index contributed by atoms with van der Waals surface area (Å²) >= 11 is 0. The van der Waals surface area contributed by atoms with Crippen LogP contribution in [0.25, 0.3) is 0 Å². The van der Waals surface area contributed by atoms with Gasteiger partial charge in [0.15, 0.2) is 0 Å². The average Bonchev–Trinajstić information content (AvgIpc) is 2.17. The second-order valence-corrected chi connectivity index (χ2v) is 4.26. The number of hydrogen-bond donors (Lipinski definition) is 3. The molecule has 4 heteroatoms. The van der Waals surface area contributed by atoms with E-state index in [0.29, 0.717) is 19.4 Å². The van der Waals surface area contributed by atoms with Gasteiger partial charge in [0.25, 0.3) is 0 Å². The van der Waals surface area contributed by atoms with Crippen LogP contribution in [0.1, 0.15) is 46.5 Å². The maximum Gasteiger partial charge on any atom is 0.320 e. The molecule has 0 spiro atoms. The predicted octanol–water partition coefficient (Wildman–Crippen LogP) is 1.38. The molecule has 90 valence electrons. The van der Waals surface area contributed by atoms with Gasteiger partial charge in [-0.15, -0.1) is 0 Å². The number of carboxylic acids is 1. The first-order chi connectivity index (χ1) is 6.93. The summed E-state index contributed by atoms with van der Waals surface area (Å²) in [6.45, 7) is 5.94.